The fraction of sp³-hybridized carbons (Fsp3) is 0.269. The first-order valence-corrected chi connectivity index (χ1v) is 13.3. The van der Waals surface area contributed by atoms with E-state index in [2.05, 4.69) is 20.5 Å². The van der Waals surface area contributed by atoms with Crippen molar-refractivity contribution < 1.29 is 18.0 Å². The van der Waals surface area contributed by atoms with Gasteiger partial charge in [-0.25, -0.2) is 13.2 Å². The number of benzene rings is 2. The molecule has 4 rings (SSSR count). The highest BCUT2D eigenvalue weighted by Crippen LogP contribution is 2.20. The first-order chi connectivity index (χ1) is 17.3. The van der Waals surface area contributed by atoms with Crippen LogP contribution in [0.25, 0.3) is 0 Å². The number of hydrogen-bond acceptors (Lipinski definition) is 6. The molecule has 3 aromatic rings. The zero-order valence-electron chi connectivity index (χ0n) is 20.1. The Labute approximate surface area is 211 Å². The van der Waals surface area contributed by atoms with E-state index in [4.69, 9.17) is 0 Å². The molecule has 1 fully saturated rings. The van der Waals surface area contributed by atoms with E-state index >= 15 is 0 Å². The molecular weight excluding hydrogens is 478 g/mol. The summed E-state index contributed by atoms with van der Waals surface area (Å²) in [5.41, 5.74) is 2.37. The van der Waals surface area contributed by atoms with E-state index in [1.165, 1.54) is 12.1 Å². The number of carbonyl (C=O) groups is 2. The standard InChI is InChI=1S/C26H29N5O4S/c1-30-12-14-31(15-13-30)25(32)22-5-2-6-24(16-22)36(34,35)19-20-7-9-23(10-8-20)29-26(33)28-18-21-4-3-11-27-17-21/h2-11,16-17H,12-15,18-19H2,1H3,(H2,28,29,33). The van der Waals surface area contributed by atoms with Crippen LogP contribution in [0.3, 0.4) is 0 Å². The number of anilines is 1. The average Bonchev–Trinajstić information content (AvgIpc) is 2.89. The zero-order chi connectivity index (χ0) is 25.5. The summed E-state index contributed by atoms with van der Waals surface area (Å²) in [6.07, 6.45) is 3.34. The van der Waals surface area contributed by atoms with Gasteiger partial charge in [-0.15, -0.1) is 0 Å². The monoisotopic (exact) mass is 507 g/mol. The molecule has 1 aliphatic heterocycles. The van der Waals surface area contributed by atoms with Crippen molar-refractivity contribution in [3.05, 3.63) is 89.7 Å². The van der Waals surface area contributed by atoms with Gasteiger partial charge < -0.3 is 20.4 Å². The van der Waals surface area contributed by atoms with Gasteiger partial charge in [0.05, 0.1) is 10.6 Å². The van der Waals surface area contributed by atoms with E-state index in [0.717, 1.165) is 18.7 Å². The average molecular weight is 508 g/mol. The molecule has 3 amide bonds. The van der Waals surface area contributed by atoms with Crippen molar-refractivity contribution in [3.8, 4) is 0 Å². The molecule has 2 aromatic carbocycles. The van der Waals surface area contributed by atoms with Crippen molar-refractivity contribution in [1.29, 1.82) is 0 Å². The molecule has 36 heavy (non-hydrogen) atoms. The number of pyridine rings is 1. The number of piperazine rings is 1. The molecule has 9 nitrogen and oxygen atoms in total. The first-order valence-electron chi connectivity index (χ1n) is 11.6. The van der Waals surface area contributed by atoms with Gasteiger partial charge >= 0.3 is 6.03 Å². The van der Waals surface area contributed by atoms with E-state index in [0.29, 0.717) is 36.4 Å². The van der Waals surface area contributed by atoms with Gasteiger partial charge in [0.15, 0.2) is 9.84 Å². The molecule has 188 valence electrons. The Bertz CT molecular complexity index is 1310. The Balaban J connectivity index is 1.36. The molecule has 0 aliphatic carbocycles. The van der Waals surface area contributed by atoms with Crippen LogP contribution in [0.15, 0.2) is 78.0 Å². The Hall–Kier alpha value is -3.76. The number of nitrogens with zero attached hydrogens (tertiary/aromatic N) is 3. The highest BCUT2D eigenvalue weighted by molar-refractivity contribution is 7.90. The van der Waals surface area contributed by atoms with Crippen molar-refractivity contribution in [2.24, 2.45) is 0 Å². The molecule has 0 radical (unpaired) electrons. The van der Waals surface area contributed by atoms with Crippen LogP contribution in [0, 0.1) is 0 Å². The normalized spacial score (nSPS) is 14.3. The Kier molecular flexibility index (Phi) is 7.97. The summed E-state index contributed by atoms with van der Waals surface area (Å²) in [7, 11) is -1.66. The van der Waals surface area contributed by atoms with Gasteiger partial charge in [0, 0.05) is 56.4 Å². The molecular formula is C26H29N5O4S. The molecule has 1 aromatic heterocycles. The highest BCUT2D eigenvalue weighted by Gasteiger charge is 2.22. The van der Waals surface area contributed by atoms with Crippen LogP contribution in [0.5, 0.6) is 0 Å². The van der Waals surface area contributed by atoms with Crippen molar-refractivity contribution in [2.75, 3.05) is 38.5 Å². The van der Waals surface area contributed by atoms with Crippen LogP contribution in [0.2, 0.25) is 0 Å². The van der Waals surface area contributed by atoms with Crippen LogP contribution in [-0.4, -0.2) is 68.4 Å². The SMILES string of the molecule is CN1CCN(C(=O)c2cccc(S(=O)(=O)Cc3ccc(NC(=O)NCc4cccnc4)cc3)c2)CC1. The fourth-order valence-corrected chi connectivity index (χ4v) is 5.25. The predicted molar refractivity (Wildman–Crippen MR) is 137 cm³/mol. The number of rotatable bonds is 7. The molecule has 10 heteroatoms. The summed E-state index contributed by atoms with van der Waals surface area (Å²) in [6.45, 7) is 3.16. The van der Waals surface area contributed by atoms with Crippen molar-refractivity contribution in [2.45, 2.75) is 17.2 Å². The molecule has 0 spiro atoms. The molecule has 2 heterocycles. The summed E-state index contributed by atoms with van der Waals surface area (Å²) in [6, 6.07) is 16.1. The minimum absolute atomic E-state index is 0.111. The summed E-state index contributed by atoms with van der Waals surface area (Å²) in [5, 5.41) is 5.47. The number of carbonyl (C=O) groups excluding carboxylic acids is 2. The van der Waals surface area contributed by atoms with E-state index < -0.39 is 9.84 Å². The Morgan fingerprint density at radius 1 is 0.944 bits per heavy atom. The minimum atomic E-state index is -3.67. The quantitative estimate of drug-likeness (QED) is 0.509. The Morgan fingerprint density at radius 3 is 2.39 bits per heavy atom. The topological polar surface area (TPSA) is 112 Å². The van der Waals surface area contributed by atoms with E-state index in [1.54, 1.807) is 59.8 Å². The minimum Gasteiger partial charge on any atom is -0.336 e. The number of amides is 3. The lowest BCUT2D eigenvalue weighted by Gasteiger charge is -2.32. The zero-order valence-corrected chi connectivity index (χ0v) is 20.9. The molecule has 0 atom stereocenters. The molecule has 2 N–H and O–H groups in total. The molecule has 0 bridgehead atoms. The first kappa shape index (κ1) is 25.3. The predicted octanol–water partition coefficient (Wildman–Crippen LogP) is 2.76. The van der Waals surface area contributed by atoms with Crippen molar-refractivity contribution in [3.63, 3.8) is 0 Å². The second-order valence-corrected chi connectivity index (χ2v) is 10.7. The van der Waals surface area contributed by atoms with Gasteiger partial charge in [-0.1, -0.05) is 24.3 Å². The van der Waals surface area contributed by atoms with Gasteiger partial charge in [-0.05, 0) is 54.6 Å². The van der Waals surface area contributed by atoms with E-state index in [9.17, 15) is 18.0 Å². The van der Waals surface area contributed by atoms with Gasteiger partial charge in [0.25, 0.3) is 5.91 Å². The van der Waals surface area contributed by atoms with Crippen LogP contribution in [-0.2, 0) is 22.1 Å². The summed E-state index contributed by atoms with van der Waals surface area (Å²) >= 11 is 0. The lowest BCUT2D eigenvalue weighted by molar-refractivity contribution is 0.0664. The third-order valence-electron chi connectivity index (χ3n) is 5.97. The summed E-state index contributed by atoms with van der Waals surface area (Å²) in [5.74, 6) is -0.371. The van der Waals surface area contributed by atoms with Crippen LogP contribution < -0.4 is 10.6 Å². The number of urea groups is 1. The van der Waals surface area contributed by atoms with Crippen LogP contribution >= 0.6 is 0 Å². The maximum Gasteiger partial charge on any atom is 0.319 e. The fourth-order valence-electron chi connectivity index (χ4n) is 3.86. The maximum absolute atomic E-state index is 13.1. The third kappa shape index (κ3) is 6.67. The largest absolute Gasteiger partial charge is 0.336 e. The third-order valence-corrected chi connectivity index (χ3v) is 7.66. The van der Waals surface area contributed by atoms with Gasteiger partial charge in [-0.3, -0.25) is 9.78 Å². The van der Waals surface area contributed by atoms with Gasteiger partial charge in [-0.2, -0.15) is 0 Å². The molecule has 1 aliphatic rings. The maximum atomic E-state index is 13.1. The number of aromatic nitrogens is 1. The molecule has 0 saturated carbocycles. The number of nitrogens with one attached hydrogen (secondary N) is 2. The number of sulfone groups is 1. The van der Waals surface area contributed by atoms with E-state index in [1.807, 2.05) is 13.1 Å². The molecule has 1 saturated heterocycles. The second-order valence-electron chi connectivity index (χ2n) is 8.75. The highest BCUT2D eigenvalue weighted by atomic mass is 32.2. The van der Waals surface area contributed by atoms with Gasteiger partial charge in [0.2, 0.25) is 0 Å². The van der Waals surface area contributed by atoms with Crippen LogP contribution in [0.1, 0.15) is 21.5 Å². The van der Waals surface area contributed by atoms with E-state index in [-0.39, 0.29) is 22.6 Å². The summed E-state index contributed by atoms with van der Waals surface area (Å²) in [4.78, 5) is 33.0. The number of likely N-dealkylation sites (N-methyl/N-ethyl adjacent to an activating group) is 1. The van der Waals surface area contributed by atoms with Gasteiger partial charge in [0.1, 0.15) is 0 Å². The lowest BCUT2D eigenvalue weighted by atomic mass is 10.2. The summed E-state index contributed by atoms with van der Waals surface area (Å²) < 4.78 is 26.1. The van der Waals surface area contributed by atoms with Crippen molar-refractivity contribution in [1.82, 2.24) is 20.1 Å². The second kappa shape index (κ2) is 11.3. The molecule has 0 unspecified atom stereocenters. The smallest absolute Gasteiger partial charge is 0.319 e. The Morgan fingerprint density at radius 2 is 1.69 bits per heavy atom. The van der Waals surface area contributed by atoms with Crippen LogP contribution in [0.4, 0.5) is 10.5 Å². The lowest BCUT2D eigenvalue weighted by Crippen LogP contribution is -2.47. The van der Waals surface area contributed by atoms with Crippen molar-refractivity contribution >= 4 is 27.5 Å². The number of hydrogen-bond donors (Lipinski definition) is 2.